The van der Waals surface area contributed by atoms with E-state index in [2.05, 4.69) is 10.3 Å². The quantitative estimate of drug-likeness (QED) is 0.512. The highest BCUT2D eigenvalue weighted by atomic mass is 16.6. The van der Waals surface area contributed by atoms with Gasteiger partial charge in [-0.2, -0.15) is 0 Å². The Morgan fingerprint density at radius 2 is 2.25 bits per heavy atom. The SMILES string of the molecule is Cn1cnc(/C=C2\C(=O)Nc3ccc([N+](=O)[O-])cc32)c1. The molecule has 0 unspecified atom stereocenters. The molecule has 0 saturated carbocycles. The molecule has 7 nitrogen and oxygen atoms in total. The van der Waals surface area contributed by atoms with Crippen molar-refractivity contribution in [2.45, 2.75) is 0 Å². The van der Waals surface area contributed by atoms with Gasteiger partial charge in [0.05, 0.1) is 22.5 Å². The smallest absolute Gasteiger partial charge is 0.270 e. The summed E-state index contributed by atoms with van der Waals surface area (Å²) in [5.74, 6) is -0.286. The Kier molecular flexibility index (Phi) is 2.60. The van der Waals surface area contributed by atoms with Crippen molar-refractivity contribution in [1.29, 1.82) is 0 Å². The minimum absolute atomic E-state index is 0.0489. The van der Waals surface area contributed by atoms with E-state index in [1.54, 1.807) is 23.2 Å². The van der Waals surface area contributed by atoms with E-state index in [1.807, 2.05) is 7.05 Å². The van der Waals surface area contributed by atoms with E-state index in [-0.39, 0.29) is 11.6 Å². The molecule has 0 spiro atoms. The standard InChI is InChI=1S/C13H10N4O3/c1-16-6-8(14-7-16)4-11-10-5-9(17(19)20)2-3-12(10)15-13(11)18/h2-7H,1H3,(H,15,18)/b11-4-. The maximum atomic E-state index is 11.9. The highest BCUT2D eigenvalue weighted by Gasteiger charge is 2.26. The summed E-state index contributed by atoms with van der Waals surface area (Å²) in [4.78, 5) is 26.4. The highest BCUT2D eigenvalue weighted by molar-refractivity contribution is 6.34. The zero-order valence-electron chi connectivity index (χ0n) is 10.5. The topological polar surface area (TPSA) is 90.1 Å². The van der Waals surface area contributed by atoms with Gasteiger partial charge in [0.15, 0.2) is 0 Å². The third-order valence-corrected chi connectivity index (χ3v) is 3.01. The average molecular weight is 270 g/mol. The summed E-state index contributed by atoms with van der Waals surface area (Å²) in [7, 11) is 1.82. The molecule has 3 rings (SSSR count). The molecule has 1 aliphatic heterocycles. The predicted molar refractivity (Wildman–Crippen MR) is 72.8 cm³/mol. The number of nitrogens with one attached hydrogen (secondary N) is 1. The molecule has 1 N–H and O–H groups in total. The first kappa shape index (κ1) is 12.1. The highest BCUT2D eigenvalue weighted by Crippen LogP contribution is 2.35. The predicted octanol–water partition coefficient (Wildman–Crippen LogP) is 1.82. The van der Waals surface area contributed by atoms with Gasteiger partial charge in [-0.25, -0.2) is 4.98 Å². The van der Waals surface area contributed by atoms with Crippen molar-refractivity contribution in [2.75, 3.05) is 5.32 Å². The Hall–Kier alpha value is -2.96. The zero-order valence-corrected chi connectivity index (χ0v) is 10.5. The fourth-order valence-corrected chi connectivity index (χ4v) is 2.09. The second kappa shape index (κ2) is 4.30. The largest absolute Gasteiger partial charge is 0.340 e. The van der Waals surface area contributed by atoms with Gasteiger partial charge in [-0.15, -0.1) is 0 Å². The summed E-state index contributed by atoms with van der Waals surface area (Å²) >= 11 is 0. The third kappa shape index (κ3) is 1.95. The Balaban J connectivity index is 2.10. The van der Waals surface area contributed by atoms with E-state index in [0.29, 0.717) is 22.5 Å². The molecule has 1 aliphatic rings. The molecule has 0 atom stereocenters. The molecule has 20 heavy (non-hydrogen) atoms. The van der Waals surface area contributed by atoms with Gasteiger partial charge in [0.1, 0.15) is 0 Å². The molecule has 1 amide bonds. The van der Waals surface area contributed by atoms with Crippen LogP contribution in [0.25, 0.3) is 11.6 Å². The van der Waals surface area contributed by atoms with Gasteiger partial charge in [-0.05, 0) is 12.1 Å². The van der Waals surface area contributed by atoms with E-state index in [1.165, 1.54) is 18.2 Å². The number of imidazole rings is 1. The molecule has 0 saturated heterocycles. The summed E-state index contributed by atoms with van der Waals surface area (Å²) in [5, 5.41) is 13.5. The Morgan fingerprint density at radius 3 is 2.90 bits per heavy atom. The minimum Gasteiger partial charge on any atom is -0.340 e. The number of nitro benzene ring substituents is 1. The number of hydrogen-bond donors (Lipinski definition) is 1. The molecule has 2 heterocycles. The maximum absolute atomic E-state index is 11.9. The number of fused-ring (bicyclic) bond motifs is 1. The monoisotopic (exact) mass is 270 g/mol. The van der Waals surface area contributed by atoms with Crippen molar-refractivity contribution in [3.8, 4) is 0 Å². The van der Waals surface area contributed by atoms with Crippen LogP contribution in [0.3, 0.4) is 0 Å². The van der Waals surface area contributed by atoms with Crippen molar-refractivity contribution >= 4 is 28.9 Å². The fraction of sp³-hybridized carbons (Fsp3) is 0.0769. The number of benzene rings is 1. The van der Waals surface area contributed by atoms with Crippen LogP contribution >= 0.6 is 0 Å². The van der Waals surface area contributed by atoms with Crippen LogP contribution in [0.15, 0.2) is 30.7 Å². The second-order valence-electron chi connectivity index (χ2n) is 4.46. The van der Waals surface area contributed by atoms with Crippen LogP contribution in [0.2, 0.25) is 0 Å². The van der Waals surface area contributed by atoms with Gasteiger partial charge in [-0.3, -0.25) is 14.9 Å². The number of hydrogen-bond acceptors (Lipinski definition) is 4. The van der Waals surface area contributed by atoms with Gasteiger partial charge < -0.3 is 9.88 Å². The van der Waals surface area contributed by atoms with Crippen LogP contribution in [-0.4, -0.2) is 20.4 Å². The first-order chi connectivity index (χ1) is 9.54. The lowest BCUT2D eigenvalue weighted by atomic mass is 10.1. The Morgan fingerprint density at radius 1 is 1.45 bits per heavy atom. The van der Waals surface area contributed by atoms with Crippen LogP contribution in [0.4, 0.5) is 11.4 Å². The zero-order chi connectivity index (χ0) is 14.3. The first-order valence-electron chi connectivity index (χ1n) is 5.84. The van der Waals surface area contributed by atoms with Gasteiger partial charge in [-0.1, -0.05) is 0 Å². The van der Waals surface area contributed by atoms with Crippen LogP contribution in [-0.2, 0) is 11.8 Å². The molecule has 0 fully saturated rings. The third-order valence-electron chi connectivity index (χ3n) is 3.01. The lowest BCUT2D eigenvalue weighted by Gasteiger charge is -1.98. The summed E-state index contributed by atoms with van der Waals surface area (Å²) < 4.78 is 1.76. The molecule has 1 aromatic heterocycles. The van der Waals surface area contributed by atoms with E-state index in [0.717, 1.165) is 0 Å². The maximum Gasteiger partial charge on any atom is 0.270 e. The minimum atomic E-state index is -0.485. The molecule has 2 aromatic rings. The summed E-state index contributed by atoms with van der Waals surface area (Å²) in [6.45, 7) is 0. The number of rotatable bonds is 2. The molecular weight excluding hydrogens is 260 g/mol. The molecule has 1 aromatic carbocycles. The summed E-state index contributed by atoms with van der Waals surface area (Å²) in [5.41, 5.74) is 2.05. The number of carbonyl (C=O) groups excluding carboxylic acids is 1. The number of carbonyl (C=O) groups is 1. The van der Waals surface area contributed by atoms with Crippen LogP contribution in [0.5, 0.6) is 0 Å². The lowest BCUT2D eigenvalue weighted by Crippen LogP contribution is -2.03. The normalized spacial score (nSPS) is 15.2. The van der Waals surface area contributed by atoms with Gasteiger partial charge in [0, 0.05) is 36.6 Å². The number of amides is 1. The Labute approximate surface area is 113 Å². The Bertz CT molecular complexity index is 761. The number of anilines is 1. The number of non-ortho nitro benzene ring substituents is 1. The van der Waals surface area contributed by atoms with Gasteiger partial charge in [0.2, 0.25) is 0 Å². The number of nitrogens with zero attached hydrogens (tertiary/aromatic N) is 3. The molecular formula is C13H10N4O3. The van der Waals surface area contributed by atoms with Gasteiger partial charge >= 0.3 is 0 Å². The van der Waals surface area contributed by atoms with E-state index >= 15 is 0 Å². The van der Waals surface area contributed by atoms with Crippen LogP contribution in [0.1, 0.15) is 11.3 Å². The number of nitro groups is 1. The lowest BCUT2D eigenvalue weighted by molar-refractivity contribution is -0.384. The van der Waals surface area contributed by atoms with Crippen molar-refractivity contribution in [2.24, 2.45) is 7.05 Å². The summed E-state index contributed by atoms with van der Waals surface area (Å²) in [6.07, 6.45) is 4.99. The first-order valence-corrected chi connectivity index (χ1v) is 5.84. The van der Waals surface area contributed by atoms with E-state index in [4.69, 9.17) is 0 Å². The van der Waals surface area contributed by atoms with Crippen molar-refractivity contribution < 1.29 is 9.72 Å². The van der Waals surface area contributed by atoms with Gasteiger partial charge in [0.25, 0.3) is 11.6 Å². The average Bonchev–Trinajstić information content (AvgIpc) is 2.94. The van der Waals surface area contributed by atoms with Crippen molar-refractivity contribution in [1.82, 2.24) is 9.55 Å². The molecule has 0 radical (unpaired) electrons. The van der Waals surface area contributed by atoms with E-state index in [9.17, 15) is 14.9 Å². The molecule has 7 heteroatoms. The van der Waals surface area contributed by atoms with Crippen LogP contribution < -0.4 is 5.32 Å². The van der Waals surface area contributed by atoms with Crippen molar-refractivity contribution in [3.63, 3.8) is 0 Å². The number of aryl methyl sites for hydroxylation is 1. The summed E-state index contributed by atoms with van der Waals surface area (Å²) in [6, 6.07) is 4.29. The van der Waals surface area contributed by atoms with Crippen LogP contribution in [0, 0.1) is 10.1 Å². The molecule has 100 valence electrons. The second-order valence-corrected chi connectivity index (χ2v) is 4.46. The fourth-order valence-electron chi connectivity index (χ4n) is 2.09. The van der Waals surface area contributed by atoms with Crippen molar-refractivity contribution in [3.05, 3.63) is 52.1 Å². The van der Waals surface area contributed by atoms with E-state index < -0.39 is 4.92 Å². The molecule has 0 bridgehead atoms. The number of aromatic nitrogens is 2. The molecule has 0 aliphatic carbocycles.